The van der Waals surface area contributed by atoms with Gasteiger partial charge in [0.05, 0.1) is 6.61 Å². The van der Waals surface area contributed by atoms with Gasteiger partial charge in [0.25, 0.3) is 0 Å². The van der Waals surface area contributed by atoms with Crippen LogP contribution in [-0.4, -0.2) is 57.2 Å². The van der Waals surface area contributed by atoms with Gasteiger partial charge in [0.15, 0.2) is 0 Å². The highest BCUT2D eigenvalue weighted by Gasteiger charge is 2.05. The summed E-state index contributed by atoms with van der Waals surface area (Å²) in [5.41, 5.74) is 1.36. The number of hydrogen-bond donors (Lipinski definition) is 0. The number of benzene rings is 1. The van der Waals surface area contributed by atoms with Gasteiger partial charge in [0.1, 0.15) is 5.75 Å². The number of nitrogens with zero attached hydrogens (tertiary/aromatic N) is 2. The molecule has 0 aromatic heterocycles. The molecular formula is C16H28N2O. The molecule has 0 aliphatic heterocycles. The van der Waals surface area contributed by atoms with Gasteiger partial charge in [-0.3, -0.25) is 0 Å². The fourth-order valence-corrected chi connectivity index (χ4v) is 1.82. The summed E-state index contributed by atoms with van der Waals surface area (Å²) < 4.78 is 5.73. The number of rotatable bonds is 8. The Bertz CT molecular complexity index is 346. The van der Waals surface area contributed by atoms with Gasteiger partial charge >= 0.3 is 0 Å². The van der Waals surface area contributed by atoms with E-state index in [4.69, 9.17) is 4.74 Å². The molecule has 1 aromatic carbocycles. The second kappa shape index (κ2) is 8.18. The van der Waals surface area contributed by atoms with Gasteiger partial charge in [0, 0.05) is 12.6 Å². The van der Waals surface area contributed by atoms with E-state index in [2.05, 4.69) is 69.2 Å². The second-order valence-corrected chi connectivity index (χ2v) is 5.67. The zero-order valence-electron chi connectivity index (χ0n) is 13.0. The number of ether oxygens (including phenoxy) is 1. The molecule has 0 amide bonds. The minimum absolute atomic E-state index is 0.562. The third kappa shape index (κ3) is 6.60. The molecule has 1 rings (SSSR count). The minimum Gasteiger partial charge on any atom is -0.494 e. The number of hydrogen-bond acceptors (Lipinski definition) is 3. The summed E-state index contributed by atoms with van der Waals surface area (Å²) in [6.07, 6.45) is 2.14. The molecule has 19 heavy (non-hydrogen) atoms. The largest absolute Gasteiger partial charge is 0.494 e. The molecule has 1 atom stereocenters. The van der Waals surface area contributed by atoms with E-state index in [-0.39, 0.29) is 0 Å². The van der Waals surface area contributed by atoms with E-state index in [1.165, 1.54) is 5.56 Å². The Balaban J connectivity index is 2.35. The van der Waals surface area contributed by atoms with Crippen molar-refractivity contribution in [2.75, 3.05) is 41.3 Å². The van der Waals surface area contributed by atoms with Gasteiger partial charge in [-0.25, -0.2) is 0 Å². The average Bonchev–Trinajstić information content (AvgIpc) is 2.36. The lowest BCUT2D eigenvalue weighted by Crippen LogP contribution is -2.26. The lowest BCUT2D eigenvalue weighted by Gasteiger charge is -2.19. The van der Waals surface area contributed by atoms with E-state index in [9.17, 15) is 0 Å². The molecule has 0 saturated heterocycles. The molecule has 3 nitrogen and oxygen atoms in total. The van der Waals surface area contributed by atoms with Crippen LogP contribution < -0.4 is 4.74 Å². The zero-order valence-corrected chi connectivity index (χ0v) is 13.0. The van der Waals surface area contributed by atoms with Gasteiger partial charge in [-0.15, -0.1) is 0 Å². The molecule has 108 valence electrons. The molecule has 0 heterocycles. The van der Waals surface area contributed by atoms with Crippen LogP contribution in [0.1, 0.15) is 18.9 Å². The van der Waals surface area contributed by atoms with E-state index >= 15 is 0 Å². The van der Waals surface area contributed by atoms with Crippen molar-refractivity contribution in [3.05, 3.63) is 29.8 Å². The average molecular weight is 264 g/mol. The maximum atomic E-state index is 5.73. The van der Waals surface area contributed by atoms with Crippen molar-refractivity contribution in [3.8, 4) is 5.75 Å². The smallest absolute Gasteiger partial charge is 0.119 e. The first-order valence-corrected chi connectivity index (χ1v) is 7.02. The Labute approximate surface area is 118 Å². The summed E-state index contributed by atoms with van der Waals surface area (Å²) in [6, 6.07) is 9.05. The number of likely N-dealkylation sites (N-methyl/N-ethyl adjacent to an activating group) is 1. The molecule has 0 aliphatic carbocycles. The van der Waals surface area contributed by atoms with Crippen molar-refractivity contribution >= 4 is 0 Å². The molecule has 0 aliphatic rings. The van der Waals surface area contributed by atoms with Crippen LogP contribution in [0.2, 0.25) is 0 Å². The Kier molecular flexibility index (Phi) is 6.89. The van der Waals surface area contributed by atoms with Gasteiger partial charge in [-0.1, -0.05) is 12.1 Å². The zero-order chi connectivity index (χ0) is 14.3. The third-order valence-corrected chi connectivity index (χ3v) is 3.35. The summed E-state index contributed by atoms with van der Waals surface area (Å²) in [5.74, 6) is 0.972. The maximum absolute atomic E-state index is 5.73. The van der Waals surface area contributed by atoms with Crippen LogP contribution in [0.5, 0.6) is 5.75 Å². The summed E-state index contributed by atoms with van der Waals surface area (Å²) in [4.78, 5) is 4.42. The van der Waals surface area contributed by atoms with Crippen molar-refractivity contribution in [2.24, 2.45) is 0 Å². The maximum Gasteiger partial charge on any atom is 0.119 e. The van der Waals surface area contributed by atoms with E-state index < -0.39 is 0 Å². The van der Waals surface area contributed by atoms with Crippen LogP contribution in [0, 0.1) is 0 Å². The van der Waals surface area contributed by atoms with Crippen LogP contribution in [0.25, 0.3) is 0 Å². The topological polar surface area (TPSA) is 15.7 Å². The standard InChI is InChI=1S/C16H28N2O/c1-14(18(4)5)13-15-7-9-16(10-8-15)19-12-6-11-17(2)3/h7-10,14H,6,11-13H2,1-5H3/t14-/m1/s1. The van der Waals surface area contributed by atoms with Crippen LogP contribution >= 0.6 is 0 Å². The summed E-state index contributed by atoms with van der Waals surface area (Å²) in [7, 11) is 8.40. The molecule has 0 spiro atoms. The van der Waals surface area contributed by atoms with Crippen molar-refractivity contribution in [2.45, 2.75) is 25.8 Å². The van der Waals surface area contributed by atoms with Gasteiger partial charge < -0.3 is 14.5 Å². The molecule has 0 saturated carbocycles. The van der Waals surface area contributed by atoms with Crippen molar-refractivity contribution in [3.63, 3.8) is 0 Å². The van der Waals surface area contributed by atoms with E-state index in [1.54, 1.807) is 0 Å². The molecule has 0 bridgehead atoms. The van der Waals surface area contributed by atoms with Crippen LogP contribution in [0.3, 0.4) is 0 Å². The van der Waals surface area contributed by atoms with Crippen molar-refractivity contribution < 1.29 is 4.74 Å². The molecule has 0 fully saturated rings. The lowest BCUT2D eigenvalue weighted by atomic mass is 10.1. The lowest BCUT2D eigenvalue weighted by molar-refractivity contribution is 0.281. The first-order valence-electron chi connectivity index (χ1n) is 7.02. The quantitative estimate of drug-likeness (QED) is 0.671. The molecule has 0 unspecified atom stereocenters. The predicted octanol–water partition coefficient (Wildman–Crippen LogP) is 2.51. The summed E-state index contributed by atoms with van der Waals surface area (Å²) in [6.45, 7) is 4.09. The highest BCUT2D eigenvalue weighted by Crippen LogP contribution is 2.14. The Hall–Kier alpha value is -1.06. The molecule has 0 N–H and O–H groups in total. The Morgan fingerprint density at radius 3 is 2.21 bits per heavy atom. The SMILES string of the molecule is C[C@H](Cc1ccc(OCCCN(C)C)cc1)N(C)C. The third-order valence-electron chi connectivity index (χ3n) is 3.35. The van der Waals surface area contributed by atoms with E-state index in [0.29, 0.717) is 6.04 Å². The van der Waals surface area contributed by atoms with Crippen molar-refractivity contribution in [1.29, 1.82) is 0 Å². The monoisotopic (exact) mass is 264 g/mol. The normalized spacial score (nSPS) is 13.0. The Morgan fingerprint density at radius 1 is 1.05 bits per heavy atom. The van der Waals surface area contributed by atoms with Crippen LogP contribution in [0.4, 0.5) is 0 Å². The highest BCUT2D eigenvalue weighted by molar-refractivity contribution is 5.27. The first-order chi connectivity index (χ1) is 8.99. The predicted molar refractivity (Wildman–Crippen MR) is 82.0 cm³/mol. The van der Waals surface area contributed by atoms with E-state index in [0.717, 1.165) is 31.7 Å². The molecule has 3 heteroatoms. The Morgan fingerprint density at radius 2 is 1.68 bits per heavy atom. The van der Waals surface area contributed by atoms with Crippen molar-refractivity contribution in [1.82, 2.24) is 9.80 Å². The second-order valence-electron chi connectivity index (χ2n) is 5.67. The minimum atomic E-state index is 0.562. The fraction of sp³-hybridized carbons (Fsp3) is 0.625. The molecular weight excluding hydrogens is 236 g/mol. The summed E-state index contributed by atoms with van der Waals surface area (Å²) >= 11 is 0. The fourth-order valence-electron chi connectivity index (χ4n) is 1.82. The van der Waals surface area contributed by atoms with Gasteiger partial charge in [-0.2, -0.15) is 0 Å². The first kappa shape index (κ1) is 16.0. The van der Waals surface area contributed by atoms with Crippen LogP contribution in [-0.2, 0) is 6.42 Å². The summed E-state index contributed by atoms with van der Waals surface area (Å²) in [5, 5.41) is 0. The van der Waals surface area contributed by atoms with Gasteiger partial charge in [-0.05, 0) is 65.7 Å². The highest BCUT2D eigenvalue weighted by atomic mass is 16.5. The molecule has 0 radical (unpaired) electrons. The van der Waals surface area contributed by atoms with Crippen LogP contribution in [0.15, 0.2) is 24.3 Å². The van der Waals surface area contributed by atoms with Gasteiger partial charge in [0.2, 0.25) is 0 Å². The molecule has 1 aromatic rings. The van der Waals surface area contributed by atoms with E-state index in [1.807, 2.05) is 0 Å².